The molecule has 0 saturated carbocycles. The van der Waals surface area contributed by atoms with Gasteiger partial charge in [-0.2, -0.15) is 5.26 Å². The fraction of sp³-hybridized carbons (Fsp3) is 0.133. The van der Waals surface area contributed by atoms with Crippen molar-refractivity contribution >= 4 is 10.0 Å². The number of halogens is 1. The van der Waals surface area contributed by atoms with Crippen molar-refractivity contribution < 1.29 is 17.9 Å². The first-order valence-corrected chi connectivity index (χ1v) is 7.84. The second-order valence-electron chi connectivity index (χ2n) is 4.53. The van der Waals surface area contributed by atoms with E-state index in [0.29, 0.717) is 5.56 Å². The number of hydrogen-bond donors (Lipinski definition) is 2. The quantitative estimate of drug-likeness (QED) is 0.877. The molecule has 5 nitrogen and oxygen atoms in total. The lowest BCUT2D eigenvalue weighted by Crippen LogP contribution is -2.29. The van der Waals surface area contributed by atoms with Crippen molar-refractivity contribution in [3.63, 3.8) is 0 Å². The minimum Gasteiger partial charge on any atom is -0.387 e. The van der Waals surface area contributed by atoms with Gasteiger partial charge in [0.05, 0.1) is 16.6 Å². The average Bonchev–Trinajstić information content (AvgIpc) is 2.53. The maximum atomic E-state index is 12.8. The molecule has 2 aromatic carbocycles. The molecule has 0 heterocycles. The maximum Gasteiger partial charge on any atom is 0.241 e. The van der Waals surface area contributed by atoms with Crippen LogP contribution < -0.4 is 4.72 Å². The van der Waals surface area contributed by atoms with Gasteiger partial charge >= 0.3 is 0 Å². The summed E-state index contributed by atoms with van der Waals surface area (Å²) in [6, 6.07) is 12.7. The Labute approximate surface area is 127 Å². The summed E-state index contributed by atoms with van der Waals surface area (Å²) in [5, 5.41) is 18.9. The molecule has 0 amide bonds. The molecule has 0 spiro atoms. The molecule has 0 aliphatic rings. The van der Waals surface area contributed by atoms with E-state index in [1.807, 2.05) is 0 Å². The normalized spacial score (nSPS) is 12.6. The van der Waals surface area contributed by atoms with Crippen molar-refractivity contribution in [3.05, 3.63) is 65.5 Å². The van der Waals surface area contributed by atoms with Gasteiger partial charge in [-0.25, -0.2) is 17.5 Å². The van der Waals surface area contributed by atoms with Gasteiger partial charge in [-0.1, -0.05) is 24.3 Å². The summed E-state index contributed by atoms with van der Waals surface area (Å²) >= 11 is 0. The zero-order chi connectivity index (χ0) is 16.2. The number of aliphatic hydroxyl groups excluding tert-OH is 1. The summed E-state index contributed by atoms with van der Waals surface area (Å²) in [7, 11) is -3.92. The fourth-order valence-corrected chi connectivity index (χ4v) is 3.06. The highest BCUT2D eigenvalue weighted by atomic mass is 32.2. The van der Waals surface area contributed by atoms with E-state index in [0.717, 1.165) is 0 Å². The van der Waals surface area contributed by atoms with Crippen molar-refractivity contribution in [2.75, 3.05) is 6.54 Å². The van der Waals surface area contributed by atoms with E-state index in [-0.39, 0.29) is 17.0 Å². The zero-order valence-electron chi connectivity index (χ0n) is 11.4. The molecule has 0 aromatic heterocycles. The molecule has 1 atom stereocenters. The Morgan fingerprint density at radius 1 is 1.18 bits per heavy atom. The number of aliphatic hydroxyl groups is 1. The maximum absolute atomic E-state index is 12.8. The number of rotatable bonds is 5. The van der Waals surface area contributed by atoms with Gasteiger partial charge in [0.1, 0.15) is 11.9 Å². The number of sulfonamides is 1. The van der Waals surface area contributed by atoms with Gasteiger partial charge in [0.15, 0.2) is 0 Å². The molecule has 2 rings (SSSR count). The Kier molecular flexibility index (Phi) is 4.88. The Morgan fingerprint density at radius 2 is 1.82 bits per heavy atom. The van der Waals surface area contributed by atoms with Gasteiger partial charge in [-0.05, 0) is 29.8 Å². The number of nitriles is 1. The molecule has 0 saturated heterocycles. The summed E-state index contributed by atoms with van der Waals surface area (Å²) in [6.07, 6.45) is -1.12. The van der Waals surface area contributed by atoms with Crippen LogP contribution in [-0.4, -0.2) is 20.1 Å². The van der Waals surface area contributed by atoms with Gasteiger partial charge in [0, 0.05) is 6.54 Å². The average molecular weight is 320 g/mol. The van der Waals surface area contributed by atoms with Gasteiger partial charge < -0.3 is 5.11 Å². The monoisotopic (exact) mass is 320 g/mol. The molecule has 2 aromatic rings. The molecular weight excluding hydrogens is 307 g/mol. The van der Waals surface area contributed by atoms with E-state index in [9.17, 15) is 17.9 Å². The third-order valence-corrected chi connectivity index (χ3v) is 4.50. The first kappa shape index (κ1) is 16.1. The predicted molar refractivity (Wildman–Crippen MR) is 77.7 cm³/mol. The summed E-state index contributed by atoms with van der Waals surface area (Å²) in [5.41, 5.74) is 0.406. The van der Waals surface area contributed by atoms with Gasteiger partial charge in [0.25, 0.3) is 0 Å². The number of hydrogen-bond acceptors (Lipinski definition) is 4. The Balaban J connectivity index is 2.13. The van der Waals surface area contributed by atoms with Crippen molar-refractivity contribution in [2.24, 2.45) is 0 Å². The Hall–Kier alpha value is -2.27. The van der Waals surface area contributed by atoms with E-state index in [1.54, 1.807) is 12.1 Å². The van der Waals surface area contributed by atoms with E-state index in [2.05, 4.69) is 4.72 Å². The standard InChI is InChI=1S/C15H13FN2O3S/c16-13-7-5-11(6-8-13)14(19)10-18-22(20,21)15-4-2-1-3-12(15)9-17/h1-8,14,18-19H,10H2. The second kappa shape index (κ2) is 6.66. The topological polar surface area (TPSA) is 90.2 Å². The zero-order valence-corrected chi connectivity index (χ0v) is 12.2. The van der Waals surface area contributed by atoms with Crippen LogP contribution >= 0.6 is 0 Å². The second-order valence-corrected chi connectivity index (χ2v) is 6.26. The Bertz CT molecular complexity index is 798. The Morgan fingerprint density at radius 3 is 2.45 bits per heavy atom. The molecule has 7 heteroatoms. The van der Waals surface area contributed by atoms with Crippen LogP contribution in [0.5, 0.6) is 0 Å². The van der Waals surface area contributed by atoms with E-state index in [1.165, 1.54) is 42.5 Å². The van der Waals surface area contributed by atoms with Gasteiger partial charge in [-0.3, -0.25) is 0 Å². The number of nitrogens with zero attached hydrogens (tertiary/aromatic N) is 1. The molecule has 1 unspecified atom stereocenters. The third-order valence-electron chi connectivity index (χ3n) is 3.02. The lowest BCUT2D eigenvalue weighted by Gasteiger charge is -2.13. The largest absolute Gasteiger partial charge is 0.387 e. The van der Waals surface area contributed by atoms with Crippen LogP contribution in [0.4, 0.5) is 4.39 Å². The first-order valence-electron chi connectivity index (χ1n) is 6.36. The van der Waals surface area contributed by atoms with Crippen LogP contribution in [0, 0.1) is 17.1 Å². The van der Waals surface area contributed by atoms with E-state index in [4.69, 9.17) is 5.26 Å². The highest BCUT2D eigenvalue weighted by molar-refractivity contribution is 7.89. The van der Waals surface area contributed by atoms with Gasteiger partial charge in [-0.15, -0.1) is 0 Å². The molecule has 114 valence electrons. The molecule has 0 fully saturated rings. The molecule has 0 aliphatic carbocycles. The van der Waals surface area contributed by atoms with Crippen molar-refractivity contribution in [1.29, 1.82) is 5.26 Å². The smallest absolute Gasteiger partial charge is 0.241 e. The summed E-state index contributed by atoms with van der Waals surface area (Å²) in [5.74, 6) is -0.445. The highest BCUT2D eigenvalue weighted by Crippen LogP contribution is 2.16. The first-order chi connectivity index (χ1) is 10.4. The van der Waals surface area contributed by atoms with Gasteiger partial charge in [0.2, 0.25) is 10.0 Å². The van der Waals surface area contributed by atoms with E-state index >= 15 is 0 Å². The predicted octanol–water partition coefficient (Wildman–Crippen LogP) is 1.71. The summed E-state index contributed by atoms with van der Waals surface area (Å²) in [6.45, 7) is -0.284. The molecular formula is C15H13FN2O3S. The lowest BCUT2D eigenvalue weighted by molar-refractivity contribution is 0.182. The lowest BCUT2D eigenvalue weighted by atomic mass is 10.1. The van der Waals surface area contributed by atoms with Crippen LogP contribution in [0.25, 0.3) is 0 Å². The minimum atomic E-state index is -3.92. The third kappa shape index (κ3) is 3.68. The van der Waals surface area contributed by atoms with E-state index < -0.39 is 21.9 Å². The van der Waals surface area contributed by atoms with Crippen LogP contribution in [0.15, 0.2) is 53.4 Å². The van der Waals surface area contributed by atoms with Crippen molar-refractivity contribution in [3.8, 4) is 6.07 Å². The number of benzene rings is 2. The summed E-state index contributed by atoms with van der Waals surface area (Å²) < 4.78 is 39.4. The molecule has 0 radical (unpaired) electrons. The SMILES string of the molecule is N#Cc1ccccc1S(=O)(=O)NCC(O)c1ccc(F)cc1. The van der Waals surface area contributed by atoms with Crippen molar-refractivity contribution in [1.82, 2.24) is 4.72 Å². The van der Waals surface area contributed by atoms with Crippen LogP contribution in [-0.2, 0) is 10.0 Å². The summed E-state index contributed by atoms with van der Waals surface area (Å²) in [4.78, 5) is -0.149. The van der Waals surface area contributed by atoms with Crippen LogP contribution in [0.1, 0.15) is 17.2 Å². The molecule has 2 N–H and O–H groups in total. The molecule has 0 aliphatic heterocycles. The van der Waals surface area contributed by atoms with Crippen molar-refractivity contribution in [2.45, 2.75) is 11.0 Å². The van der Waals surface area contributed by atoms with Crippen LogP contribution in [0.3, 0.4) is 0 Å². The molecule has 0 bridgehead atoms. The minimum absolute atomic E-state index is 0.0197. The fourth-order valence-electron chi connectivity index (χ4n) is 1.86. The highest BCUT2D eigenvalue weighted by Gasteiger charge is 2.19. The molecule has 22 heavy (non-hydrogen) atoms. The number of nitrogens with one attached hydrogen (secondary N) is 1. The van der Waals surface area contributed by atoms with Crippen LogP contribution in [0.2, 0.25) is 0 Å².